The Labute approximate surface area is 176 Å². The standard InChI is InChI=1S/C18H15BF3NO7S/c20-18(21,22)31(24,25)30-17-7-6-16(29-15-4-2-13(11-23)3-5-15)10-14(17)12-28-19-26-8-1-9-27-19/h2-7,10H,1,8-9,12H2. The molecule has 0 saturated carbocycles. The molecule has 164 valence electrons. The Balaban J connectivity index is 1.83. The minimum atomic E-state index is -5.89. The maximum atomic E-state index is 12.7. The number of nitrogens with zero attached hydrogens (tertiary/aromatic N) is 1. The average molecular weight is 457 g/mol. The molecule has 0 amide bonds. The predicted octanol–water partition coefficient (Wildman–Crippen LogP) is 3.52. The lowest BCUT2D eigenvalue weighted by molar-refractivity contribution is -0.0500. The quantitative estimate of drug-likeness (QED) is 0.354. The molecule has 1 aliphatic heterocycles. The predicted molar refractivity (Wildman–Crippen MR) is 100 cm³/mol. The van der Waals surface area contributed by atoms with Gasteiger partial charge in [-0.1, -0.05) is 0 Å². The Bertz CT molecular complexity index is 1050. The van der Waals surface area contributed by atoms with E-state index in [2.05, 4.69) is 4.18 Å². The second kappa shape index (κ2) is 9.57. The van der Waals surface area contributed by atoms with Gasteiger partial charge in [-0.2, -0.15) is 26.9 Å². The van der Waals surface area contributed by atoms with Crippen LogP contribution in [0, 0.1) is 11.3 Å². The molecule has 1 heterocycles. The average Bonchev–Trinajstić information content (AvgIpc) is 2.74. The van der Waals surface area contributed by atoms with Crippen LogP contribution < -0.4 is 8.92 Å². The van der Waals surface area contributed by atoms with Crippen molar-refractivity contribution < 1.29 is 44.5 Å². The van der Waals surface area contributed by atoms with Crippen molar-refractivity contribution in [2.45, 2.75) is 18.5 Å². The first-order chi connectivity index (χ1) is 14.7. The first-order valence-electron chi connectivity index (χ1n) is 8.84. The lowest BCUT2D eigenvalue weighted by atomic mass is 10.1. The zero-order valence-corrected chi connectivity index (χ0v) is 16.6. The van der Waals surface area contributed by atoms with Crippen molar-refractivity contribution in [3.8, 4) is 23.3 Å². The van der Waals surface area contributed by atoms with Gasteiger partial charge in [-0.05, 0) is 48.9 Å². The molecule has 1 fully saturated rings. The molecule has 2 aromatic rings. The largest absolute Gasteiger partial charge is 0.639 e. The topological polar surface area (TPSA) is 104 Å². The van der Waals surface area contributed by atoms with Crippen LogP contribution in [0.3, 0.4) is 0 Å². The van der Waals surface area contributed by atoms with Crippen molar-refractivity contribution in [3.05, 3.63) is 53.6 Å². The Morgan fingerprint density at radius 1 is 1.06 bits per heavy atom. The van der Waals surface area contributed by atoms with Crippen molar-refractivity contribution in [2.24, 2.45) is 0 Å². The Kier molecular flexibility index (Phi) is 7.06. The SMILES string of the molecule is N#Cc1ccc(Oc2ccc(OS(=O)(=O)C(F)(F)F)c(COB3OCCCO3)c2)cc1. The number of hydrogen-bond acceptors (Lipinski definition) is 8. The Morgan fingerprint density at radius 2 is 1.71 bits per heavy atom. The summed E-state index contributed by atoms with van der Waals surface area (Å²) in [6, 6.07) is 11.6. The molecule has 1 aliphatic rings. The van der Waals surface area contributed by atoms with E-state index >= 15 is 0 Å². The van der Waals surface area contributed by atoms with E-state index < -0.39 is 28.7 Å². The molecule has 0 aliphatic carbocycles. The van der Waals surface area contributed by atoms with Gasteiger partial charge in [-0.3, -0.25) is 0 Å². The fourth-order valence-electron chi connectivity index (χ4n) is 2.43. The van der Waals surface area contributed by atoms with E-state index in [1.54, 1.807) is 0 Å². The van der Waals surface area contributed by atoms with Crippen LogP contribution in [0.25, 0.3) is 0 Å². The first-order valence-corrected chi connectivity index (χ1v) is 10.3. The molecule has 0 N–H and O–H groups in total. The van der Waals surface area contributed by atoms with E-state index in [4.69, 9.17) is 24.0 Å². The molecule has 8 nitrogen and oxygen atoms in total. The zero-order chi connectivity index (χ0) is 22.5. The fourth-order valence-corrected chi connectivity index (χ4v) is 2.93. The molecule has 1 saturated heterocycles. The summed E-state index contributed by atoms with van der Waals surface area (Å²) in [4.78, 5) is 0. The van der Waals surface area contributed by atoms with Crippen LogP contribution in [-0.4, -0.2) is 34.5 Å². The molecule has 31 heavy (non-hydrogen) atoms. The van der Waals surface area contributed by atoms with Gasteiger partial charge >= 0.3 is 22.9 Å². The summed E-state index contributed by atoms with van der Waals surface area (Å²) >= 11 is 0. The third-order valence-electron chi connectivity index (χ3n) is 3.91. The monoisotopic (exact) mass is 457 g/mol. The van der Waals surface area contributed by atoms with Crippen LogP contribution in [-0.2, 0) is 30.7 Å². The maximum Gasteiger partial charge on any atom is 0.639 e. The number of hydrogen-bond donors (Lipinski definition) is 0. The summed E-state index contributed by atoms with van der Waals surface area (Å²) in [5.41, 5.74) is -5.23. The molecule has 13 heteroatoms. The summed E-state index contributed by atoms with van der Waals surface area (Å²) in [6.45, 7) is 0.370. The highest BCUT2D eigenvalue weighted by atomic mass is 32.2. The molecule has 0 bridgehead atoms. The lowest BCUT2D eigenvalue weighted by Crippen LogP contribution is -2.32. The van der Waals surface area contributed by atoms with Crippen molar-refractivity contribution in [2.75, 3.05) is 13.2 Å². The highest BCUT2D eigenvalue weighted by Crippen LogP contribution is 2.33. The molecule has 2 aromatic carbocycles. The number of rotatable bonds is 7. The van der Waals surface area contributed by atoms with E-state index in [1.807, 2.05) is 6.07 Å². The zero-order valence-electron chi connectivity index (χ0n) is 15.8. The van der Waals surface area contributed by atoms with Crippen LogP contribution in [0.15, 0.2) is 42.5 Å². The summed E-state index contributed by atoms with van der Waals surface area (Å²) in [7, 11) is -6.94. The number of alkyl halides is 3. The van der Waals surface area contributed by atoms with E-state index in [0.29, 0.717) is 30.9 Å². The molecule has 3 rings (SSSR count). The molecule has 0 spiro atoms. The molecule has 0 radical (unpaired) electrons. The van der Waals surface area contributed by atoms with Crippen molar-refractivity contribution in [1.82, 2.24) is 0 Å². The normalized spacial score (nSPS) is 14.7. The van der Waals surface area contributed by atoms with Gasteiger partial charge in [-0.25, -0.2) is 0 Å². The van der Waals surface area contributed by atoms with Gasteiger partial charge in [0.25, 0.3) is 0 Å². The summed E-state index contributed by atoms with van der Waals surface area (Å²) < 4.78 is 86.6. The lowest BCUT2D eigenvalue weighted by Gasteiger charge is -2.20. The van der Waals surface area contributed by atoms with Gasteiger partial charge in [0.15, 0.2) is 0 Å². The van der Waals surface area contributed by atoms with Crippen LogP contribution >= 0.6 is 0 Å². The van der Waals surface area contributed by atoms with E-state index in [9.17, 15) is 21.6 Å². The van der Waals surface area contributed by atoms with Crippen molar-refractivity contribution in [3.63, 3.8) is 0 Å². The van der Waals surface area contributed by atoms with E-state index in [0.717, 1.165) is 6.07 Å². The number of nitriles is 1. The first kappa shape index (κ1) is 22.9. The van der Waals surface area contributed by atoms with Gasteiger partial charge in [0, 0.05) is 18.8 Å². The van der Waals surface area contributed by atoms with E-state index in [1.165, 1.54) is 36.4 Å². The van der Waals surface area contributed by atoms with Gasteiger partial charge in [0.05, 0.1) is 18.2 Å². The molecular weight excluding hydrogens is 442 g/mol. The maximum absolute atomic E-state index is 12.7. The second-order valence-corrected chi connectivity index (χ2v) is 7.72. The highest BCUT2D eigenvalue weighted by molar-refractivity contribution is 7.88. The number of benzene rings is 2. The summed E-state index contributed by atoms with van der Waals surface area (Å²) in [5, 5.41) is 8.83. The molecule has 0 aromatic heterocycles. The molecule has 0 atom stereocenters. The van der Waals surface area contributed by atoms with Gasteiger partial charge < -0.3 is 22.9 Å². The van der Waals surface area contributed by atoms with Crippen LogP contribution in [0.2, 0.25) is 0 Å². The van der Waals surface area contributed by atoms with Gasteiger partial charge in [-0.15, -0.1) is 0 Å². The summed E-state index contributed by atoms with van der Waals surface area (Å²) in [5.74, 6) is -0.0627. The third kappa shape index (κ3) is 6.11. The highest BCUT2D eigenvalue weighted by Gasteiger charge is 2.48. The molecular formula is C18H15BF3NO7S. The van der Waals surface area contributed by atoms with Crippen LogP contribution in [0.5, 0.6) is 17.2 Å². The van der Waals surface area contributed by atoms with Crippen LogP contribution in [0.1, 0.15) is 17.5 Å². The van der Waals surface area contributed by atoms with Gasteiger partial charge in [0.2, 0.25) is 0 Å². The van der Waals surface area contributed by atoms with E-state index in [-0.39, 0.29) is 17.9 Å². The fraction of sp³-hybridized carbons (Fsp3) is 0.278. The minimum Gasteiger partial charge on any atom is -0.457 e. The number of halogens is 3. The van der Waals surface area contributed by atoms with Crippen LogP contribution in [0.4, 0.5) is 13.2 Å². The second-order valence-electron chi connectivity index (χ2n) is 6.19. The minimum absolute atomic E-state index is 0.0447. The molecule has 0 unspecified atom stereocenters. The van der Waals surface area contributed by atoms with Crippen molar-refractivity contribution in [1.29, 1.82) is 5.26 Å². The van der Waals surface area contributed by atoms with Crippen molar-refractivity contribution >= 4 is 17.4 Å². The smallest absolute Gasteiger partial charge is 0.457 e. The summed E-state index contributed by atoms with van der Waals surface area (Å²) in [6.07, 6.45) is 0.659. The Hall–Kier alpha value is -2.79. The third-order valence-corrected chi connectivity index (χ3v) is 4.87. The van der Waals surface area contributed by atoms with Gasteiger partial charge in [0.1, 0.15) is 17.2 Å². The number of ether oxygens (including phenoxy) is 1. The Morgan fingerprint density at radius 3 is 2.32 bits per heavy atom.